The molecule has 2 aliphatic carbocycles. The topological polar surface area (TPSA) is 71.2 Å². The molecule has 2 N–H and O–H groups in total. The molecule has 138 valence electrons. The first-order valence-corrected chi connectivity index (χ1v) is 9.87. The van der Waals surface area contributed by atoms with Crippen molar-refractivity contribution in [3.63, 3.8) is 0 Å². The maximum atomic E-state index is 11.4. The van der Waals surface area contributed by atoms with Crippen molar-refractivity contribution >= 4 is 11.0 Å². The average molecular weight is 353 g/mol. The Hall–Kier alpha value is -1.90. The van der Waals surface area contributed by atoms with Gasteiger partial charge < -0.3 is 10.2 Å². The Balaban J connectivity index is 1.75. The van der Waals surface area contributed by atoms with Crippen molar-refractivity contribution in [1.82, 2.24) is 15.0 Å². The quantitative estimate of drug-likeness (QED) is 0.812. The summed E-state index contributed by atoms with van der Waals surface area (Å²) in [5.74, 6) is 6.38. The van der Waals surface area contributed by atoms with Crippen molar-refractivity contribution in [2.24, 2.45) is 0 Å². The van der Waals surface area contributed by atoms with E-state index in [9.17, 15) is 10.2 Å². The Morgan fingerprint density at radius 2 is 1.58 bits per heavy atom. The fourth-order valence-corrected chi connectivity index (χ4v) is 4.40. The first-order chi connectivity index (χ1) is 12.6. The highest BCUT2D eigenvalue weighted by molar-refractivity contribution is 5.74. The van der Waals surface area contributed by atoms with Gasteiger partial charge in [-0.2, -0.15) is 0 Å². The first kappa shape index (κ1) is 17.5. The van der Waals surface area contributed by atoms with Crippen LogP contribution in [0, 0.1) is 11.8 Å². The summed E-state index contributed by atoms with van der Waals surface area (Å²) in [6.45, 7) is 0. The van der Waals surface area contributed by atoms with Crippen molar-refractivity contribution in [1.29, 1.82) is 0 Å². The summed E-state index contributed by atoms with van der Waals surface area (Å²) in [5.41, 5.74) is -0.179. The van der Waals surface area contributed by atoms with Crippen molar-refractivity contribution in [2.45, 2.75) is 81.5 Å². The molecule has 2 fully saturated rings. The highest BCUT2D eigenvalue weighted by Gasteiger charge is 2.40. The van der Waals surface area contributed by atoms with E-state index >= 15 is 0 Å². The zero-order valence-electron chi connectivity index (χ0n) is 15.2. The molecule has 1 atom stereocenters. The number of hydrogen-bond acceptors (Lipinski definition) is 4. The van der Waals surface area contributed by atoms with Gasteiger partial charge in [0.25, 0.3) is 0 Å². The normalized spacial score (nSPS) is 23.2. The van der Waals surface area contributed by atoms with E-state index < -0.39 is 17.2 Å². The highest BCUT2D eigenvalue weighted by Crippen LogP contribution is 2.38. The molecule has 26 heavy (non-hydrogen) atoms. The van der Waals surface area contributed by atoms with Gasteiger partial charge in [-0.05, 0) is 50.7 Å². The van der Waals surface area contributed by atoms with Crippen LogP contribution in [-0.2, 0) is 0 Å². The standard InChI is InChI=1S/C21H27N3O2/c25-20(12-5-1-6-13-20)16-11-19(21(26)14-7-2-8-15-21)24-18-10-4-3-9-17(18)22-23-24/h3-4,9-10,19,25-26H,1-2,5-8,12-15H2. The SMILES string of the molecule is OC1(C#CC(n2nnc3ccccc32)C2(O)CCCCC2)CCCCC1. The van der Waals surface area contributed by atoms with Gasteiger partial charge in [0.05, 0.1) is 11.1 Å². The molecule has 4 rings (SSSR count). The molecule has 0 saturated heterocycles. The maximum Gasteiger partial charge on any atom is 0.143 e. The third kappa shape index (κ3) is 3.36. The van der Waals surface area contributed by atoms with E-state index in [2.05, 4.69) is 22.2 Å². The fraction of sp³-hybridized carbons (Fsp3) is 0.619. The lowest BCUT2D eigenvalue weighted by molar-refractivity contribution is -0.0278. The Morgan fingerprint density at radius 1 is 0.923 bits per heavy atom. The van der Waals surface area contributed by atoms with Crippen LogP contribution >= 0.6 is 0 Å². The summed E-state index contributed by atoms with van der Waals surface area (Å²) in [6, 6.07) is 7.28. The molecule has 1 aromatic carbocycles. The smallest absolute Gasteiger partial charge is 0.143 e. The minimum Gasteiger partial charge on any atom is -0.387 e. The summed E-state index contributed by atoms with van der Waals surface area (Å²) in [5, 5.41) is 30.8. The largest absolute Gasteiger partial charge is 0.387 e. The Kier molecular flexibility index (Phi) is 4.73. The monoisotopic (exact) mass is 353 g/mol. The van der Waals surface area contributed by atoms with Crippen LogP contribution in [0.3, 0.4) is 0 Å². The van der Waals surface area contributed by atoms with Crippen LogP contribution in [0.5, 0.6) is 0 Å². The number of benzene rings is 1. The van der Waals surface area contributed by atoms with Crippen molar-refractivity contribution < 1.29 is 10.2 Å². The summed E-state index contributed by atoms with van der Waals surface area (Å²) in [4.78, 5) is 0. The number of rotatable bonds is 2. The minimum absolute atomic E-state index is 0.485. The van der Waals surface area contributed by atoms with Crippen LogP contribution in [0.25, 0.3) is 11.0 Å². The molecule has 2 aromatic rings. The maximum absolute atomic E-state index is 11.4. The summed E-state index contributed by atoms with van der Waals surface area (Å²) < 4.78 is 1.76. The van der Waals surface area contributed by atoms with Crippen LogP contribution in [0.2, 0.25) is 0 Å². The molecule has 2 aliphatic rings. The lowest BCUT2D eigenvalue weighted by Crippen LogP contribution is -2.41. The second kappa shape index (κ2) is 7.02. The van der Waals surface area contributed by atoms with Crippen LogP contribution in [0.1, 0.15) is 70.3 Å². The van der Waals surface area contributed by atoms with Gasteiger partial charge in [0.1, 0.15) is 17.2 Å². The van der Waals surface area contributed by atoms with Gasteiger partial charge in [0, 0.05) is 0 Å². The third-order valence-corrected chi connectivity index (χ3v) is 5.97. The van der Waals surface area contributed by atoms with E-state index in [1.54, 1.807) is 4.68 Å². The number of fused-ring (bicyclic) bond motifs is 1. The number of aliphatic hydroxyl groups is 2. The van der Waals surface area contributed by atoms with E-state index in [-0.39, 0.29) is 0 Å². The van der Waals surface area contributed by atoms with E-state index in [4.69, 9.17) is 0 Å². The van der Waals surface area contributed by atoms with Crippen LogP contribution in [-0.4, -0.2) is 36.4 Å². The molecule has 0 bridgehead atoms. The van der Waals surface area contributed by atoms with Crippen LogP contribution in [0.15, 0.2) is 24.3 Å². The lowest BCUT2D eigenvalue weighted by atomic mass is 9.78. The third-order valence-electron chi connectivity index (χ3n) is 5.97. The molecule has 5 nitrogen and oxygen atoms in total. The molecule has 1 aromatic heterocycles. The lowest BCUT2D eigenvalue weighted by Gasteiger charge is -2.37. The minimum atomic E-state index is -0.933. The number of aromatic nitrogens is 3. The molecular weight excluding hydrogens is 326 g/mol. The van der Waals surface area contributed by atoms with E-state index in [1.165, 1.54) is 0 Å². The first-order valence-electron chi connectivity index (χ1n) is 9.87. The van der Waals surface area contributed by atoms with Crippen LogP contribution < -0.4 is 0 Å². The number of para-hydroxylation sites is 1. The number of nitrogens with zero attached hydrogens (tertiary/aromatic N) is 3. The summed E-state index contributed by atoms with van der Waals surface area (Å²) in [6.07, 6.45) is 9.13. The van der Waals surface area contributed by atoms with Gasteiger partial charge in [0.2, 0.25) is 0 Å². The van der Waals surface area contributed by atoms with Crippen LogP contribution in [0.4, 0.5) is 0 Å². The molecule has 0 radical (unpaired) electrons. The molecule has 0 aliphatic heterocycles. The zero-order chi connectivity index (χ0) is 18.0. The van der Waals surface area contributed by atoms with Crippen molar-refractivity contribution in [3.05, 3.63) is 24.3 Å². The summed E-state index contributed by atoms with van der Waals surface area (Å²) in [7, 11) is 0. The molecule has 1 unspecified atom stereocenters. The average Bonchev–Trinajstić information content (AvgIpc) is 3.07. The highest BCUT2D eigenvalue weighted by atomic mass is 16.3. The number of hydrogen-bond donors (Lipinski definition) is 2. The van der Waals surface area contributed by atoms with Gasteiger partial charge in [-0.25, -0.2) is 4.68 Å². The zero-order valence-corrected chi connectivity index (χ0v) is 15.2. The fourth-order valence-electron chi connectivity index (χ4n) is 4.40. The van der Waals surface area contributed by atoms with Gasteiger partial charge >= 0.3 is 0 Å². The molecule has 0 spiro atoms. The van der Waals surface area contributed by atoms with Crippen molar-refractivity contribution in [2.75, 3.05) is 0 Å². The second-order valence-electron chi connectivity index (χ2n) is 7.95. The Bertz CT molecular complexity index is 820. The molecule has 0 amide bonds. The summed E-state index contributed by atoms with van der Waals surface area (Å²) >= 11 is 0. The van der Waals surface area contributed by atoms with Gasteiger partial charge in [-0.1, -0.05) is 54.9 Å². The second-order valence-corrected chi connectivity index (χ2v) is 7.95. The Morgan fingerprint density at radius 3 is 2.31 bits per heavy atom. The predicted molar refractivity (Wildman–Crippen MR) is 100 cm³/mol. The van der Waals surface area contributed by atoms with Gasteiger partial charge in [0.15, 0.2) is 0 Å². The van der Waals surface area contributed by atoms with E-state index in [0.717, 1.165) is 49.6 Å². The molecular formula is C21H27N3O2. The van der Waals surface area contributed by atoms with E-state index in [0.29, 0.717) is 25.7 Å². The molecule has 5 heteroatoms. The Labute approximate surface area is 154 Å². The van der Waals surface area contributed by atoms with Crippen molar-refractivity contribution in [3.8, 4) is 11.8 Å². The predicted octanol–water partition coefficient (Wildman–Crippen LogP) is 3.37. The van der Waals surface area contributed by atoms with E-state index in [1.807, 2.05) is 24.3 Å². The van der Waals surface area contributed by atoms with Gasteiger partial charge in [-0.3, -0.25) is 0 Å². The van der Waals surface area contributed by atoms with Gasteiger partial charge in [-0.15, -0.1) is 5.10 Å². The molecule has 2 saturated carbocycles. The molecule has 1 heterocycles.